The van der Waals surface area contributed by atoms with Crippen LogP contribution < -0.4 is 5.30 Å². The van der Waals surface area contributed by atoms with E-state index in [1.165, 1.54) is 22.0 Å². The van der Waals surface area contributed by atoms with Crippen molar-refractivity contribution in [1.29, 1.82) is 0 Å². The van der Waals surface area contributed by atoms with Gasteiger partial charge in [-0.15, -0.1) is 0 Å². The van der Waals surface area contributed by atoms with E-state index in [0.717, 1.165) is 12.6 Å². The predicted molar refractivity (Wildman–Crippen MR) is 115 cm³/mol. The lowest BCUT2D eigenvalue weighted by Gasteiger charge is -2.39. The Morgan fingerprint density at radius 3 is 1.78 bits per heavy atom. The highest BCUT2D eigenvalue weighted by Gasteiger charge is 2.49. The molecular weight excluding hydrogens is 347 g/mol. The van der Waals surface area contributed by atoms with Gasteiger partial charge < -0.3 is 0 Å². The molecule has 0 radical (unpaired) electrons. The first-order valence-electron chi connectivity index (χ1n) is 9.38. The van der Waals surface area contributed by atoms with E-state index in [4.69, 9.17) is 0 Å². The smallest absolute Gasteiger partial charge is 0.152 e. The highest BCUT2D eigenvalue weighted by molar-refractivity contribution is 7.67. The summed E-state index contributed by atoms with van der Waals surface area (Å²) in [5.41, 5.74) is 3.83. The van der Waals surface area contributed by atoms with Gasteiger partial charge in [0.1, 0.15) is 0 Å². The molecule has 0 bridgehead atoms. The van der Waals surface area contributed by atoms with Gasteiger partial charge in [0, 0.05) is 0 Å². The summed E-state index contributed by atoms with van der Waals surface area (Å²) in [6.45, 7) is 1.66. The lowest BCUT2D eigenvalue weighted by molar-refractivity contribution is -0.112. The molecule has 1 unspecified atom stereocenters. The third-order valence-corrected chi connectivity index (χ3v) is 8.51. The molecule has 0 saturated carbocycles. The van der Waals surface area contributed by atoms with Gasteiger partial charge in [-0.25, -0.2) is 0 Å². The zero-order valence-electron chi connectivity index (χ0n) is 15.5. The Labute approximate surface area is 162 Å². The number of hydrogen-bond acceptors (Lipinski definition) is 1. The zero-order chi connectivity index (χ0) is 18.7. The molecule has 1 aliphatic heterocycles. The topological polar surface area (TPSA) is 17.1 Å². The highest BCUT2D eigenvalue weighted by Crippen LogP contribution is 2.68. The molecule has 0 aliphatic carbocycles. The molecule has 1 atom stereocenters. The van der Waals surface area contributed by atoms with Crippen molar-refractivity contribution in [2.75, 3.05) is 6.16 Å². The number of ketones is 1. The van der Waals surface area contributed by atoms with Crippen LogP contribution in [0.1, 0.15) is 24.5 Å². The van der Waals surface area contributed by atoms with Crippen molar-refractivity contribution in [3.8, 4) is 0 Å². The molecule has 3 aromatic rings. The summed E-state index contributed by atoms with van der Waals surface area (Å²) in [5.74, 6) is 0.131. The van der Waals surface area contributed by atoms with Crippen LogP contribution in [0.2, 0.25) is 0 Å². The number of carbonyl (C=O) groups excluding carboxylic acids is 1. The van der Waals surface area contributed by atoms with Crippen molar-refractivity contribution < 1.29 is 4.79 Å². The highest BCUT2D eigenvalue weighted by atomic mass is 31.1. The van der Waals surface area contributed by atoms with Gasteiger partial charge in [0.25, 0.3) is 0 Å². The lowest BCUT2D eigenvalue weighted by Crippen LogP contribution is -2.28. The SMILES string of the molecule is CC(=O)C=C1CCP(c2ccccc2)C1(c1ccccc1)c1ccccc1. The molecule has 27 heavy (non-hydrogen) atoms. The number of allylic oxidation sites excluding steroid dienone is 2. The minimum absolute atomic E-state index is 0.131. The second-order valence-corrected chi connectivity index (χ2v) is 9.45. The van der Waals surface area contributed by atoms with Crippen LogP contribution in [0.4, 0.5) is 0 Å². The summed E-state index contributed by atoms with van der Waals surface area (Å²) in [4.78, 5) is 12.1. The maximum atomic E-state index is 12.1. The fraction of sp³-hybridized carbons (Fsp3) is 0.160. The predicted octanol–water partition coefficient (Wildman–Crippen LogP) is 5.66. The summed E-state index contributed by atoms with van der Waals surface area (Å²) in [6.07, 6.45) is 3.96. The van der Waals surface area contributed by atoms with Crippen LogP contribution in [0.25, 0.3) is 0 Å². The van der Waals surface area contributed by atoms with E-state index < -0.39 is 7.92 Å². The van der Waals surface area contributed by atoms with Gasteiger partial charge in [-0.3, -0.25) is 4.79 Å². The first kappa shape index (κ1) is 17.9. The molecule has 0 amide bonds. The van der Waals surface area contributed by atoms with Crippen molar-refractivity contribution in [3.05, 3.63) is 114 Å². The van der Waals surface area contributed by atoms with Gasteiger partial charge in [0.05, 0.1) is 5.16 Å². The van der Waals surface area contributed by atoms with Crippen LogP contribution in [0, 0.1) is 0 Å². The standard InChI is InChI=1S/C25H23OP/c1-20(26)19-23-17-18-27(24-15-9-4-10-16-24)25(23,21-11-5-2-6-12-21)22-13-7-3-8-14-22/h2-16,19H,17-18H2,1H3. The van der Waals surface area contributed by atoms with Gasteiger partial charge in [-0.05, 0) is 47.6 Å². The Balaban J connectivity index is 2.05. The summed E-state index contributed by atoms with van der Waals surface area (Å²) in [5, 5.41) is 1.15. The average molecular weight is 370 g/mol. The average Bonchev–Trinajstić information content (AvgIpc) is 3.09. The van der Waals surface area contributed by atoms with Gasteiger partial charge in [0.2, 0.25) is 0 Å². The van der Waals surface area contributed by atoms with Crippen LogP contribution in [-0.2, 0) is 9.95 Å². The molecule has 4 rings (SSSR count). The van der Waals surface area contributed by atoms with E-state index in [1.54, 1.807) is 6.92 Å². The molecule has 1 nitrogen and oxygen atoms in total. The number of benzene rings is 3. The molecular formula is C25H23OP. The summed E-state index contributed by atoms with van der Waals surface area (Å²) < 4.78 is 0. The normalized spacial score (nSPS) is 19.9. The van der Waals surface area contributed by atoms with Crippen molar-refractivity contribution in [2.24, 2.45) is 0 Å². The van der Waals surface area contributed by atoms with Gasteiger partial charge in [-0.1, -0.05) is 98.9 Å². The Hall–Kier alpha value is -2.50. The minimum Gasteiger partial charge on any atom is -0.295 e. The fourth-order valence-corrected chi connectivity index (χ4v) is 7.74. The molecule has 2 heteroatoms. The fourth-order valence-electron chi connectivity index (χ4n) is 4.31. The summed E-state index contributed by atoms with van der Waals surface area (Å²) in [7, 11) is -0.531. The van der Waals surface area contributed by atoms with E-state index in [-0.39, 0.29) is 10.9 Å². The second kappa shape index (κ2) is 7.62. The zero-order valence-corrected chi connectivity index (χ0v) is 16.4. The number of carbonyl (C=O) groups is 1. The minimum atomic E-state index is -0.531. The molecule has 1 heterocycles. The number of hydrogen-bond donors (Lipinski definition) is 0. The summed E-state index contributed by atoms with van der Waals surface area (Å²) >= 11 is 0. The van der Waals surface area contributed by atoms with Crippen LogP contribution in [-0.4, -0.2) is 11.9 Å². The van der Waals surface area contributed by atoms with Gasteiger partial charge >= 0.3 is 0 Å². The lowest BCUT2D eigenvalue weighted by atomic mass is 9.82. The van der Waals surface area contributed by atoms with Crippen molar-refractivity contribution in [3.63, 3.8) is 0 Å². The van der Waals surface area contributed by atoms with Crippen LogP contribution in [0.15, 0.2) is 103 Å². The van der Waals surface area contributed by atoms with E-state index in [1.807, 2.05) is 6.08 Å². The van der Waals surface area contributed by atoms with Crippen molar-refractivity contribution >= 4 is 19.0 Å². The monoisotopic (exact) mass is 370 g/mol. The molecule has 0 spiro atoms. The van der Waals surface area contributed by atoms with Crippen LogP contribution in [0.3, 0.4) is 0 Å². The van der Waals surface area contributed by atoms with E-state index in [9.17, 15) is 4.79 Å². The number of rotatable bonds is 4. The Morgan fingerprint density at radius 1 is 0.815 bits per heavy atom. The first-order valence-corrected chi connectivity index (χ1v) is 10.9. The molecule has 3 aromatic carbocycles. The van der Waals surface area contributed by atoms with Crippen molar-refractivity contribution in [2.45, 2.75) is 18.5 Å². The molecule has 1 fully saturated rings. The summed E-state index contributed by atoms with van der Waals surface area (Å²) in [6, 6.07) is 32.3. The van der Waals surface area contributed by atoms with Gasteiger partial charge in [0.15, 0.2) is 5.78 Å². The largest absolute Gasteiger partial charge is 0.295 e. The molecule has 0 aromatic heterocycles. The molecule has 0 N–H and O–H groups in total. The Morgan fingerprint density at radius 2 is 1.30 bits per heavy atom. The first-order chi connectivity index (χ1) is 13.2. The Kier molecular flexibility index (Phi) is 5.05. The van der Waals surface area contributed by atoms with Crippen molar-refractivity contribution in [1.82, 2.24) is 0 Å². The van der Waals surface area contributed by atoms with E-state index in [2.05, 4.69) is 91.0 Å². The quantitative estimate of drug-likeness (QED) is 0.428. The van der Waals surface area contributed by atoms with Gasteiger partial charge in [-0.2, -0.15) is 0 Å². The molecule has 1 aliphatic rings. The molecule has 1 saturated heterocycles. The third-order valence-electron chi connectivity index (χ3n) is 5.30. The maximum absolute atomic E-state index is 12.1. The maximum Gasteiger partial charge on any atom is 0.152 e. The van der Waals surface area contributed by atoms with Crippen LogP contribution in [0.5, 0.6) is 0 Å². The van der Waals surface area contributed by atoms with E-state index in [0.29, 0.717) is 0 Å². The third kappa shape index (κ3) is 3.17. The van der Waals surface area contributed by atoms with E-state index >= 15 is 0 Å². The van der Waals surface area contributed by atoms with Crippen LogP contribution >= 0.6 is 7.92 Å². The molecule has 134 valence electrons. The second-order valence-electron chi connectivity index (χ2n) is 6.96. The Bertz CT molecular complexity index is 906.